The van der Waals surface area contributed by atoms with Gasteiger partial charge in [0.05, 0.1) is 0 Å². The van der Waals surface area contributed by atoms with Crippen molar-refractivity contribution in [3.63, 3.8) is 0 Å². The molecule has 2 saturated heterocycles. The molecule has 0 aromatic carbocycles. The van der Waals surface area contributed by atoms with Gasteiger partial charge in [-0.25, -0.2) is 0 Å². The number of amides is 1. The molecule has 0 atom stereocenters. The third-order valence-corrected chi connectivity index (χ3v) is 4.98. The van der Waals surface area contributed by atoms with Crippen molar-refractivity contribution in [2.75, 3.05) is 46.3 Å². The molecule has 0 aliphatic carbocycles. The lowest BCUT2D eigenvalue weighted by atomic mass is 9.93. The van der Waals surface area contributed by atoms with Gasteiger partial charge in [-0.3, -0.25) is 4.79 Å². The topological polar surface area (TPSA) is 35.6 Å². The lowest BCUT2D eigenvalue weighted by molar-refractivity contribution is -0.122. The lowest BCUT2D eigenvalue weighted by Gasteiger charge is -2.28. The van der Waals surface area contributed by atoms with Crippen molar-refractivity contribution >= 4 is 5.91 Å². The molecule has 0 saturated carbocycles. The maximum absolute atomic E-state index is 12.0. The van der Waals surface area contributed by atoms with Gasteiger partial charge in [-0.15, -0.1) is 0 Å². The van der Waals surface area contributed by atoms with E-state index in [-0.39, 0.29) is 5.91 Å². The van der Waals surface area contributed by atoms with Crippen LogP contribution in [0.5, 0.6) is 0 Å². The second kappa shape index (κ2) is 9.42. The van der Waals surface area contributed by atoms with E-state index in [1.807, 2.05) is 0 Å². The Hall–Kier alpha value is -0.610. The summed E-state index contributed by atoms with van der Waals surface area (Å²) >= 11 is 0. The molecule has 4 nitrogen and oxygen atoms in total. The summed E-state index contributed by atoms with van der Waals surface area (Å²) in [5.74, 6) is 0.868. The monoisotopic (exact) mass is 295 g/mol. The van der Waals surface area contributed by atoms with Crippen LogP contribution in [0.1, 0.15) is 51.4 Å². The molecule has 2 heterocycles. The van der Waals surface area contributed by atoms with Gasteiger partial charge in [0.25, 0.3) is 0 Å². The van der Waals surface area contributed by atoms with E-state index < -0.39 is 0 Å². The zero-order chi connectivity index (χ0) is 14.9. The van der Waals surface area contributed by atoms with Gasteiger partial charge < -0.3 is 15.1 Å². The third-order valence-electron chi connectivity index (χ3n) is 4.98. The number of nitrogens with one attached hydrogen (secondary N) is 1. The summed E-state index contributed by atoms with van der Waals surface area (Å²) in [6, 6.07) is 0. The van der Waals surface area contributed by atoms with Crippen LogP contribution < -0.4 is 5.32 Å². The smallest absolute Gasteiger partial charge is 0.220 e. The molecule has 2 aliphatic rings. The number of hydrogen-bond donors (Lipinski definition) is 1. The number of piperidine rings is 1. The van der Waals surface area contributed by atoms with Crippen molar-refractivity contribution in [1.29, 1.82) is 0 Å². The summed E-state index contributed by atoms with van der Waals surface area (Å²) < 4.78 is 0. The SMILES string of the molecule is CN1CCC(CC(=O)NCCCN2CCCCCC2)CC1. The first-order chi connectivity index (χ1) is 10.2. The summed E-state index contributed by atoms with van der Waals surface area (Å²) in [7, 11) is 2.17. The van der Waals surface area contributed by atoms with Crippen molar-refractivity contribution in [2.45, 2.75) is 51.4 Å². The Bertz CT molecular complexity index is 292. The average Bonchev–Trinajstić information content (AvgIpc) is 2.75. The average molecular weight is 295 g/mol. The van der Waals surface area contributed by atoms with Crippen LogP contribution in [0.3, 0.4) is 0 Å². The number of likely N-dealkylation sites (tertiary alicyclic amines) is 2. The Balaban J connectivity index is 1.50. The molecule has 4 heteroatoms. The van der Waals surface area contributed by atoms with Gasteiger partial charge in [0.1, 0.15) is 0 Å². The van der Waals surface area contributed by atoms with Gasteiger partial charge in [-0.05, 0) is 77.8 Å². The summed E-state index contributed by atoms with van der Waals surface area (Å²) in [6.07, 6.45) is 9.67. The molecule has 21 heavy (non-hydrogen) atoms. The highest BCUT2D eigenvalue weighted by Crippen LogP contribution is 2.19. The molecular formula is C17H33N3O. The number of hydrogen-bond acceptors (Lipinski definition) is 3. The zero-order valence-corrected chi connectivity index (χ0v) is 13.8. The maximum Gasteiger partial charge on any atom is 0.220 e. The highest BCUT2D eigenvalue weighted by Gasteiger charge is 2.19. The van der Waals surface area contributed by atoms with Crippen LogP contribution in [-0.4, -0.2) is 62.0 Å². The number of rotatable bonds is 6. The van der Waals surface area contributed by atoms with Crippen LogP contribution in [0.2, 0.25) is 0 Å². The fourth-order valence-corrected chi connectivity index (χ4v) is 3.49. The highest BCUT2D eigenvalue weighted by atomic mass is 16.1. The summed E-state index contributed by atoms with van der Waals surface area (Å²) in [6.45, 7) is 6.79. The van der Waals surface area contributed by atoms with Crippen molar-refractivity contribution in [3.8, 4) is 0 Å². The van der Waals surface area contributed by atoms with Gasteiger partial charge >= 0.3 is 0 Å². The minimum atomic E-state index is 0.264. The van der Waals surface area contributed by atoms with Crippen molar-refractivity contribution in [1.82, 2.24) is 15.1 Å². The molecule has 2 rings (SSSR count). The molecule has 0 bridgehead atoms. The molecule has 1 N–H and O–H groups in total. The number of carbonyl (C=O) groups excluding carboxylic acids is 1. The Kier molecular flexibility index (Phi) is 7.51. The van der Waals surface area contributed by atoms with Gasteiger partial charge in [-0.1, -0.05) is 12.8 Å². The predicted molar refractivity (Wildman–Crippen MR) is 87.4 cm³/mol. The van der Waals surface area contributed by atoms with E-state index in [0.717, 1.165) is 39.0 Å². The molecule has 0 unspecified atom stereocenters. The third kappa shape index (κ3) is 6.79. The number of nitrogens with zero attached hydrogens (tertiary/aromatic N) is 2. The predicted octanol–water partition coefficient (Wildman–Crippen LogP) is 2.10. The zero-order valence-electron chi connectivity index (χ0n) is 13.8. The summed E-state index contributed by atoms with van der Waals surface area (Å²) in [5.41, 5.74) is 0. The van der Waals surface area contributed by atoms with E-state index in [1.165, 1.54) is 51.6 Å². The summed E-state index contributed by atoms with van der Waals surface area (Å²) in [5, 5.41) is 3.12. The maximum atomic E-state index is 12.0. The van der Waals surface area contributed by atoms with Crippen LogP contribution in [0.4, 0.5) is 0 Å². The molecule has 122 valence electrons. The first-order valence-electron chi connectivity index (χ1n) is 8.91. The minimum absolute atomic E-state index is 0.264. The van der Waals surface area contributed by atoms with E-state index in [4.69, 9.17) is 0 Å². The van der Waals surface area contributed by atoms with Crippen LogP contribution >= 0.6 is 0 Å². The van der Waals surface area contributed by atoms with Crippen LogP contribution in [0, 0.1) is 5.92 Å². The Labute approximate surface area is 130 Å². The van der Waals surface area contributed by atoms with E-state index in [2.05, 4.69) is 22.2 Å². The fraction of sp³-hybridized carbons (Fsp3) is 0.941. The Morgan fingerprint density at radius 3 is 2.38 bits per heavy atom. The first kappa shape index (κ1) is 16.8. The van der Waals surface area contributed by atoms with Crippen LogP contribution in [0.25, 0.3) is 0 Å². The van der Waals surface area contributed by atoms with E-state index in [0.29, 0.717) is 5.92 Å². The number of carbonyl (C=O) groups is 1. The Morgan fingerprint density at radius 1 is 1.05 bits per heavy atom. The van der Waals surface area contributed by atoms with Gasteiger partial charge in [0.2, 0.25) is 5.91 Å². The van der Waals surface area contributed by atoms with E-state index in [9.17, 15) is 4.79 Å². The molecular weight excluding hydrogens is 262 g/mol. The second-order valence-corrected chi connectivity index (χ2v) is 6.91. The van der Waals surface area contributed by atoms with Crippen molar-refractivity contribution in [2.24, 2.45) is 5.92 Å². The largest absolute Gasteiger partial charge is 0.356 e. The standard InChI is InChI=1S/C17H33N3O/c1-19-13-7-16(8-14-19)15-17(21)18-9-6-12-20-10-4-2-3-5-11-20/h16H,2-15H2,1H3,(H,18,21). The summed E-state index contributed by atoms with van der Waals surface area (Å²) in [4.78, 5) is 16.9. The van der Waals surface area contributed by atoms with Crippen molar-refractivity contribution in [3.05, 3.63) is 0 Å². The van der Waals surface area contributed by atoms with Gasteiger partial charge in [0.15, 0.2) is 0 Å². The molecule has 1 amide bonds. The van der Waals surface area contributed by atoms with E-state index in [1.54, 1.807) is 0 Å². The van der Waals surface area contributed by atoms with Crippen molar-refractivity contribution < 1.29 is 4.79 Å². The fourth-order valence-electron chi connectivity index (χ4n) is 3.49. The van der Waals surface area contributed by atoms with Gasteiger partial charge in [0, 0.05) is 13.0 Å². The normalized spacial score (nSPS) is 22.9. The van der Waals surface area contributed by atoms with Gasteiger partial charge in [-0.2, -0.15) is 0 Å². The quantitative estimate of drug-likeness (QED) is 0.762. The lowest BCUT2D eigenvalue weighted by Crippen LogP contribution is -2.34. The molecule has 0 aromatic rings. The van der Waals surface area contributed by atoms with E-state index >= 15 is 0 Å². The highest BCUT2D eigenvalue weighted by molar-refractivity contribution is 5.76. The Morgan fingerprint density at radius 2 is 1.71 bits per heavy atom. The molecule has 0 aromatic heterocycles. The van der Waals surface area contributed by atoms with Crippen LogP contribution in [-0.2, 0) is 4.79 Å². The second-order valence-electron chi connectivity index (χ2n) is 6.91. The first-order valence-corrected chi connectivity index (χ1v) is 8.91. The molecule has 0 radical (unpaired) electrons. The molecule has 2 aliphatic heterocycles. The minimum Gasteiger partial charge on any atom is -0.356 e. The molecule has 2 fully saturated rings. The molecule has 0 spiro atoms. The van der Waals surface area contributed by atoms with Crippen LogP contribution in [0.15, 0.2) is 0 Å².